The number of carboxylic acid groups (broad SMARTS) is 1. The molecule has 0 aliphatic heterocycles. The molecule has 0 saturated heterocycles. The van der Waals surface area contributed by atoms with Crippen LogP contribution in [-0.4, -0.2) is 123 Å². The third-order valence-corrected chi connectivity index (χ3v) is 8.35. The fraction of sp³-hybridized carbons (Fsp3) is 0.476. The third-order valence-electron chi connectivity index (χ3n) is 6.01. The number of carboxylic acids is 1. The Balaban J connectivity index is 3.90. The first-order valence-corrected chi connectivity index (χ1v) is 15.2. The lowest BCUT2D eigenvalue weighted by Gasteiger charge is -2.45. The Morgan fingerprint density at radius 3 is 1.81 bits per heavy atom. The first kappa shape index (κ1) is 37.9. The van der Waals surface area contributed by atoms with E-state index < -0.39 is 97.9 Å². The van der Waals surface area contributed by atoms with Gasteiger partial charge in [-0.1, -0.05) is 12.1 Å². The van der Waals surface area contributed by atoms with Gasteiger partial charge in [-0.25, -0.2) is 14.0 Å². The maximum absolute atomic E-state index is 13.5. The number of aliphatic carboxylic acids is 1. The summed E-state index contributed by atoms with van der Waals surface area (Å²) in [5.74, 6) is -10.9. The zero-order chi connectivity index (χ0) is 33.7. The molecule has 0 radical (unpaired) electrons. The molecule has 242 valence electrons. The van der Waals surface area contributed by atoms with Gasteiger partial charge in [0.15, 0.2) is 17.2 Å². The number of amides is 2. The van der Waals surface area contributed by atoms with Crippen molar-refractivity contribution in [3.05, 3.63) is 29.8 Å². The van der Waals surface area contributed by atoms with Gasteiger partial charge in [-0.3, -0.25) is 23.7 Å². The molecule has 1 aromatic rings. The monoisotopic (exact) mass is 657 g/mol. The van der Waals surface area contributed by atoms with E-state index in [0.717, 1.165) is 6.92 Å². The van der Waals surface area contributed by atoms with E-state index in [1.54, 1.807) is 5.32 Å². The van der Waals surface area contributed by atoms with Gasteiger partial charge < -0.3 is 62.5 Å². The summed E-state index contributed by atoms with van der Waals surface area (Å²) in [4.78, 5) is 106. The van der Waals surface area contributed by atoms with Crippen LogP contribution in [0.4, 0.5) is 0 Å². The number of Topliss-reactive ketones (excluding diaryl/α,β-unsaturated/α-hetero) is 2. The van der Waals surface area contributed by atoms with Crippen LogP contribution in [0.25, 0.3) is 0 Å². The number of aliphatic hydroxyl groups excluding tert-OH is 2. The lowest BCUT2D eigenvalue weighted by atomic mass is 9.82. The van der Waals surface area contributed by atoms with Gasteiger partial charge in [-0.2, -0.15) is 0 Å². The molecule has 0 saturated carbocycles. The topological polar surface area (TPSA) is 375 Å². The van der Waals surface area contributed by atoms with Crippen LogP contribution in [0.5, 0.6) is 5.75 Å². The molecule has 1 rings (SSSR count). The number of nitrogens with one attached hydrogen (secondary N) is 1. The van der Waals surface area contributed by atoms with Crippen molar-refractivity contribution in [3.63, 3.8) is 0 Å². The van der Waals surface area contributed by atoms with E-state index in [4.69, 9.17) is 17.2 Å². The van der Waals surface area contributed by atoms with Crippen molar-refractivity contribution in [1.29, 1.82) is 0 Å². The summed E-state index contributed by atoms with van der Waals surface area (Å²) in [5.41, 5.74) is 8.74. The Morgan fingerprint density at radius 2 is 1.44 bits per heavy atom. The molecular weight excluding hydrogens is 624 g/mol. The highest BCUT2D eigenvalue weighted by molar-refractivity contribution is 7.54. The number of rotatable bonds is 16. The Morgan fingerprint density at radius 1 is 0.930 bits per heavy atom. The van der Waals surface area contributed by atoms with Gasteiger partial charge >= 0.3 is 21.3 Å². The summed E-state index contributed by atoms with van der Waals surface area (Å²) in [7, 11) is -13.0. The fourth-order valence-corrected chi connectivity index (χ4v) is 6.60. The summed E-state index contributed by atoms with van der Waals surface area (Å²) in [6.07, 6.45) is -0.271. The highest BCUT2D eigenvalue weighted by atomic mass is 31.2. The smallest absolute Gasteiger partial charge is 0.433 e. The van der Waals surface area contributed by atoms with Gasteiger partial charge in [-0.05, 0) is 31.0 Å². The summed E-state index contributed by atoms with van der Waals surface area (Å²) >= 11 is 0. The van der Waals surface area contributed by atoms with Crippen molar-refractivity contribution in [1.82, 2.24) is 9.99 Å². The quantitative estimate of drug-likeness (QED) is 0.0583. The Hall–Kier alpha value is -3.13. The second kappa shape index (κ2) is 14.6. The number of aromatic hydroxyl groups is 1. The molecule has 1 aromatic carbocycles. The van der Waals surface area contributed by atoms with Gasteiger partial charge in [-0.15, -0.1) is 0 Å². The van der Waals surface area contributed by atoms with E-state index >= 15 is 0 Å². The van der Waals surface area contributed by atoms with Crippen molar-refractivity contribution in [2.24, 2.45) is 17.2 Å². The van der Waals surface area contributed by atoms with E-state index in [2.05, 4.69) is 0 Å². The van der Waals surface area contributed by atoms with Gasteiger partial charge in [0.2, 0.25) is 11.4 Å². The normalized spacial score (nSPS) is 17.0. The molecule has 15 N–H and O–H groups in total. The SMILES string of the molecule is CC(N)C(=O)C(C(C(=O)O)(C(=O)C(N)CO)N(C(=O)C(CO)NC(=O)C(N)Cc1ccc(O)cc1)P(=O)(O)O)P(=O)(O)O. The molecule has 0 spiro atoms. The fourth-order valence-electron chi connectivity index (χ4n) is 4.00. The number of phenols is 1. The molecule has 0 heterocycles. The molecular formula is C21H33N5O15P2. The van der Waals surface area contributed by atoms with Gasteiger partial charge in [0, 0.05) is 0 Å². The molecule has 6 unspecified atom stereocenters. The molecule has 0 bridgehead atoms. The van der Waals surface area contributed by atoms with Crippen LogP contribution in [0.3, 0.4) is 0 Å². The van der Waals surface area contributed by atoms with Crippen molar-refractivity contribution in [2.75, 3.05) is 13.2 Å². The van der Waals surface area contributed by atoms with Crippen molar-refractivity contribution < 1.29 is 73.1 Å². The maximum Gasteiger partial charge on any atom is 0.433 e. The number of aliphatic hydroxyl groups is 2. The number of carbonyl (C=O) groups excluding carboxylic acids is 4. The number of hydrogen-bond donors (Lipinski definition) is 12. The number of benzene rings is 1. The molecule has 0 aliphatic carbocycles. The van der Waals surface area contributed by atoms with E-state index in [0.29, 0.717) is 5.56 Å². The molecule has 0 fully saturated rings. The third kappa shape index (κ3) is 8.49. The molecule has 20 nitrogen and oxygen atoms in total. The van der Waals surface area contributed by atoms with E-state index in [1.165, 1.54) is 24.3 Å². The molecule has 43 heavy (non-hydrogen) atoms. The molecule has 0 aromatic heterocycles. The van der Waals surface area contributed by atoms with Crippen LogP contribution >= 0.6 is 15.3 Å². The van der Waals surface area contributed by atoms with Crippen LogP contribution in [-0.2, 0) is 39.5 Å². The Labute approximate surface area is 242 Å². The van der Waals surface area contributed by atoms with Crippen molar-refractivity contribution >= 4 is 44.7 Å². The first-order chi connectivity index (χ1) is 19.6. The first-order valence-electron chi connectivity index (χ1n) is 11.9. The largest absolute Gasteiger partial charge is 0.508 e. The molecule has 6 atom stereocenters. The van der Waals surface area contributed by atoms with Gasteiger partial charge in [0.05, 0.1) is 31.3 Å². The molecule has 2 amide bonds. The highest BCUT2D eigenvalue weighted by Gasteiger charge is 2.71. The number of nitrogens with two attached hydrogens (primary N) is 3. The van der Waals surface area contributed by atoms with Crippen LogP contribution in [0, 0.1) is 0 Å². The Kier molecular flexibility index (Phi) is 12.8. The van der Waals surface area contributed by atoms with Crippen LogP contribution in [0.2, 0.25) is 0 Å². The van der Waals surface area contributed by atoms with Gasteiger partial charge in [0.1, 0.15) is 11.8 Å². The summed E-state index contributed by atoms with van der Waals surface area (Å²) in [5, 5.41) is 40.6. The lowest BCUT2D eigenvalue weighted by Crippen LogP contribution is -2.74. The predicted molar refractivity (Wildman–Crippen MR) is 143 cm³/mol. The number of hydrogen-bond acceptors (Lipinski definition) is 13. The second-order valence-corrected chi connectivity index (χ2v) is 12.4. The highest BCUT2D eigenvalue weighted by Crippen LogP contribution is 2.56. The summed E-state index contributed by atoms with van der Waals surface area (Å²) < 4.78 is 24.1. The van der Waals surface area contributed by atoms with Gasteiger partial charge in [0.25, 0.3) is 5.91 Å². The van der Waals surface area contributed by atoms with Crippen LogP contribution in [0.15, 0.2) is 24.3 Å². The average molecular weight is 657 g/mol. The maximum atomic E-state index is 13.5. The van der Waals surface area contributed by atoms with E-state index in [1.807, 2.05) is 0 Å². The standard InChI is InChI=1S/C21H33N5O15P2/c1-9(22)15(30)17(42(36,37)38)21(20(34)35,16(31)13(24)7-27)26(43(39,40)41)19(33)14(8-28)25-18(32)12(23)6-10-2-4-11(29)5-3-10/h2-5,9,12-14,17,27-29H,6-8,22-24H2,1H3,(H,25,32)(H,34,35)(H2,36,37,38)(H2,39,40,41). The van der Waals surface area contributed by atoms with Crippen molar-refractivity contribution in [2.45, 2.75) is 48.7 Å². The summed E-state index contributed by atoms with van der Waals surface area (Å²) in [6, 6.07) is -3.42. The zero-order valence-electron chi connectivity index (χ0n) is 22.3. The average Bonchev–Trinajstić information content (AvgIpc) is 2.89. The minimum Gasteiger partial charge on any atom is -0.508 e. The summed E-state index contributed by atoms with van der Waals surface area (Å²) in [6.45, 7) is -2.31. The van der Waals surface area contributed by atoms with E-state index in [9.17, 15) is 73.1 Å². The zero-order valence-corrected chi connectivity index (χ0v) is 24.1. The number of carbonyl (C=O) groups is 5. The van der Waals surface area contributed by atoms with Crippen molar-refractivity contribution in [3.8, 4) is 5.75 Å². The minimum atomic E-state index is -6.61. The number of ketones is 2. The number of phenolic OH excluding ortho intramolecular Hbond substituents is 1. The second-order valence-electron chi connectivity index (χ2n) is 9.29. The van der Waals surface area contributed by atoms with Crippen LogP contribution in [0.1, 0.15) is 12.5 Å². The predicted octanol–water partition coefficient (Wildman–Crippen LogP) is -5.16. The molecule has 0 aliphatic rings. The minimum absolute atomic E-state index is 0.126. The number of nitrogens with zero attached hydrogens (tertiary/aromatic N) is 1. The van der Waals surface area contributed by atoms with E-state index in [-0.39, 0.29) is 12.2 Å². The Bertz CT molecular complexity index is 1310. The lowest BCUT2D eigenvalue weighted by molar-refractivity contribution is -0.164. The van der Waals surface area contributed by atoms with Crippen LogP contribution < -0.4 is 22.5 Å². The molecule has 22 heteroatoms.